The maximum Gasteiger partial charge on any atom is 0.355 e. The van der Waals surface area contributed by atoms with Crippen LogP contribution in [-0.2, 0) is 9.22 Å². The summed E-state index contributed by atoms with van der Waals surface area (Å²) in [5.41, 5.74) is -0.264. The van der Waals surface area contributed by atoms with Crippen molar-refractivity contribution in [3.8, 4) is 0 Å². The summed E-state index contributed by atoms with van der Waals surface area (Å²) < 4.78 is 5.22. The predicted molar refractivity (Wildman–Crippen MR) is 53.4 cm³/mol. The average molecular weight is 205 g/mol. The lowest BCUT2D eigenvalue weighted by molar-refractivity contribution is -0.121. The van der Waals surface area contributed by atoms with Crippen LogP contribution in [0.3, 0.4) is 0 Å². The van der Waals surface area contributed by atoms with Gasteiger partial charge in [-0.25, -0.2) is 0 Å². The molecular weight excluding hydrogens is 186 g/mol. The fraction of sp³-hybridized carbons (Fsp3) is 0.875. The predicted octanol–water partition coefficient (Wildman–Crippen LogP) is 0.541. The van der Waals surface area contributed by atoms with Gasteiger partial charge in [-0.2, -0.15) is 0 Å². The van der Waals surface area contributed by atoms with E-state index >= 15 is 0 Å². The first-order valence-electron chi connectivity index (χ1n) is 4.59. The zero-order chi connectivity index (χ0) is 10.5. The highest BCUT2D eigenvalue weighted by atomic mass is 28.4. The molecule has 0 aliphatic rings. The molecule has 78 valence electrons. The number of hydrogen-bond donors (Lipinski definition) is 2. The van der Waals surface area contributed by atoms with Crippen LogP contribution in [0.4, 0.5) is 0 Å². The van der Waals surface area contributed by atoms with Gasteiger partial charge in [0, 0.05) is 13.0 Å². The first-order chi connectivity index (χ1) is 5.94. The number of nitrogens with one attached hydrogen (secondary N) is 1. The first kappa shape index (κ1) is 12.6. The molecule has 0 spiro atoms. The Morgan fingerprint density at radius 1 is 1.62 bits per heavy atom. The van der Waals surface area contributed by atoms with Crippen LogP contribution in [-0.4, -0.2) is 31.5 Å². The number of hydrogen-bond acceptors (Lipinski definition) is 3. The fourth-order valence-corrected chi connectivity index (χ4v) is 2.16. The molecule has 0 rings (SSSR count). The summed E-state index contributed by atoms with van der Waals surface area (Å²) >= 11 is 0. The van der Waals surface area contributed by atoms with Crippen LogP contribution in [0.2, 0.25) is 6.55 Å². The zero-order valence-corrected chi connectivity index (χ0v) is 9.76. The van der Waals surface area contributed by atoms with Crippen molar-refractivity contribution in [3.05, 3.63) is 0 Å². The molecule has 0 saturated carbocycles. The molecule has 2 unspecified atom stereocenters. The summed E-state index contributed by atoms with van der Waals surface area (Å²) in [4.78, 5) is 20.8. The highest BCUT2D eigenvalue weighted by Gasteiger charge is 2.34. The van der Waals surface area contributed by atoms with Crippen molar-refractivity contribution in [3.63, 3.8) is 0 Å². The van der Waals surface area contributed by atoms with Gasteiger partial charge in [0.2, 0.25) is 5.91 Å². The van der Waals surface area contributed by atoms with Gasteiger partial charge in [-0.1, -0.05) is 6.92 Å². The van der Waals surface area contributed by atoms with Gasteiger partial charge in [0.1, 0.15) is 0 Å². The molecular formula is C8H19NO3Si. The van der Waals surface area contributed by atoms with Gasteiger partial charge < -0.3 is 14.5 Å². The third-order valence-corrected chi connectivity index (χ3v) is 4.56. The van der Waals surface area contributed by atoms with Gasteiger partial charge in [-0.15, -0.1) is 0 Å². The van der Waals surface area contributed by atoms with E-state index in [0.29, 0.717) is 13.0 Å². The van der Waals surface area contributed by atoms with E-state index < -0.39 is 8.56 Å². The summed E-state index contributed by atoms with van der Waals surface area (Å²) in [5, 5.41) is 2.70. The van der Waals surface area contributed by atoms with E-state index in [0.717, 1.165) is 0 Å². The van der Waals surface area contributed by atoms with Crippen molar-refractivity contribution in [2.75, 3.05) is 6.61 Å². The molecule has 0 saturated heterocycles. The van der Waals surface area contributed by atoms with E-state index in [-0.39, 0.29) is 11.6 Å². The Balaban J connectivity index is 4.07. The molecule has 0 heterocycles. The van der Waals surface area contributed by atoms with Gasteiger partial charge >= 0.3 is 8.56 Å². The van der Waals surface area contributed by atoms with Gasteiger partial charge in [-0.3, -0.25) is 4.79 Å². The van der Waals surface area contributed by atoms with Crippen LogP contribution in [0, 0.1) is 0 Å². The van der Waals surface area contributed by atoms with Crippen molar-refractivity contribution in [2.24, 2.45) is 0 Å². The molecule has 0 aromatic carbocycles. The minimum Gasteiger partial charge on any atom is -0.410 e. The number of carbonyl (C=O) groups is 1. The van der Waals surface area contributed by atoms with Crippen LogP contribution >= 0.6 is 0 Å². The maximum absolute atomic E-state index is 11.0. The largest absolute Gasteiger partial charge is 0.410 e. The summed E-state index contributed by atoms with van der Waals surface area (Å²) in [5.74, 6) is -0.0556. The van der Waals surface area contributed by atoms with Crippen LogP contribution < -0.4 is 5.32 Å². The average Bonchev–Trinajstić information content (AvgIpc) is 2.04. The molecule has 4 nitrogen and oxygen atoms in total. The maximum atomic E-state index is 11.0. The van der Waals surface area contributed by atoms with E-state index in [4.69, 9.17) is 4.43 Å². The van der Waals surface area contributed by atoms with E-state index in [9.17, 15) is 9.59 Å². The number of carbonyl (C=O) groups excluding carboxylic acids is 1. The molecule has 0 aliphatic carbocycles. The van der Waals surface area contributed by atoms with Crippen molar-refractivity contribution in [1.82, 2.24) is 5.32 Å². The molecule has 0 aromatic heterocycles. The Morgan fingerprint density at radius 2 is 2.15 bits per heavy atom. The molecule has 0 aromatic rings. The molecule has 13 heavy (non-hydrogen) atoms. The molecule has 1 amide bonds. The summed E-state index contributed by atoms with van der Waals surface area (Å²) in [6.45, 7) is 7.53. The van der Waals surface area contributed by atoms with Crippen LogP contribution in [0.15, 0.2) is 0 Å². The second-order valence-electron chi connectivity index (χ2n) is 3.13. The molecule has 0 bridgehead atoms. The summed E-state index contributed by atoms with van der Waals surface area (Å²) in [7, 11) is -2.72. The Labute approximate surface area is 80.5 Å². The van der Waals surface area contributed by atoms with Crippen molar-refractivity contribution in [1.29, 1.82) is 0 Å². The first-order valence-corrected chi connectivity index (χ1v) is 7.03. The second-order valence-corrected chi connectivity index (χ2v) is 6.39. The van der Waals surface area contributed by atoms with Crippen molar-refractivity contribution >= 4 is 14.5 Å². The van der Waals surface area contributed by atoms with E-state index in [1.165, 1.54) is 0 Å². The molecule has 0 aliphatic heterocycles. The van der Waals surface area contributed by atoms with E-state index in [2.05, 4.69) is 5.32 Å². The standard InChI is InChI=1S/C8H19NO3Si/c1-5-8(10)9-7(3)13(4,11)12-6-2/h7,11H,5-6H2,1-4H3,(H,9,10). The quantitative estimate of drug-likeness (QED) is 0.644. The molecule has 5 heteroatoms. The lowest BCUT2D eigenvalue weighted by atomic mass is 10.4. The molecule has 0 fully saturated rings. The minimum atomic E-state index is -2.72. The highest BCUT2D eigenvalue weighted by molar-refractivity contribution is 6.66. The van der Waals surface area contributed by atoms with Crippen molar-refractivity contribution in [2.45, 2.75) is 39.4 Å². The Kier molecular flexibility index (Phi) is 5.20. The Morgan fingerprint density at radius 3 is 2.54 bits per heavy atom. The molecule has 2 atom stereocenters. The van der Waals surface area contributed by atoms with E-state index in [1.54, 1.807) is 20.4 Å². The minimum absolute atomic E-state index is 0.0556. The van der Waals surface area contributed by atoms with Gasteiger partial charge in [0.25, 0.3) is 0 Å². The van der Waals surface area contributed by atoms with Gasteiger partial charge in [0.05, 0.1) is 5.67 Å². The van der Waals surface area contributed by atoms with E-state index in [1.807, 2.05) is 6.92 Å². The third-order valence-electron chi connectivity index (χ3n) is 1.94. The van der Waals surface area contributed by atoms with Gasteiger partial charge in [-0.05, 0) is 20.4 Å². The summed E-state index contributed by atoms with van der Waals surface area (Å²) in [6.07, 6.45) is 0.431. The number of amides is 1. The van der Waals surface area contributed by atoms with Crippen LogP contribution in [0.5, 0.6) is 0 Å². The number of rotatable bonds is 5. The third kappa shape index (κ3) is 4.40. The SMILES string of the molecule is CCO[Si](C)(O)C(C)NC(=O)CC. The topological polar surface area (TPSA) is 58.6 Å². The zero-order valence-electron chi connectivity index (χ0n) is 8.76. The fourth-order valence-electron chi connectivity index (χ4n) is 0.895. The van der Waals surface area contributed by atoms with Gasteiger partial charge in [0.15, 0.2) is 0 Å². The lowest BCUT2D eigenvalue weighted by Gasteiger charge is -2.26. The second kappa shape index (κ2) is 5.36. The summed E-state index contributed by atoms with van der Waals surface area (Å²) in [6, 6.07) is 0. The Hall–Kier alpha value is -0.393. The Bertz CT molecular complexity index is 173. The highest BCUT2D eigenvalue weighted by Crippen LogP contribution is 2.06. The lowest BCUT2D eigenvalue weighted by Crippen LogP contribution is -2.55. The van der Waals surface area contributed by atoms with Crippen LogP contribution in [0.1, 0.15) is 27.2 Å². The normalized spacial score (nSPS) is 17.6. The molecule has 2 N–H and O–H groups in total. The monoisotopic (exact) mass is 205 g/mol. The van der Waals surface area contributed by atoms with Crippen molar-refractivity contribution < 1.29 is 14.0 Å². The molecule has 0 radical (unpaired) electrons. The smallest absolute Gasteiger partial charge is 0.355 e. The van der Waals surface area contributed by atoms with Crippen LogP contribution in [0.25, 0.3) is 0 Å².